The van der Waals surface area contributed by atoms with Gasteiger partial charge in [-0.2, -0.15) is 0 Å². The summed E-state index contributed by atoms with van der Waals surface area (Å²) in [4.78, 5) is 12.0. The van der Waals surface area contributed by atoms with Crippen molar-refractivity contribution >= 4 is 5.78 Å². The lowest BCUT2D eigenvalue weighted by molar-refractivity contribution is 0.0390. The Bertz CT molecular complexity index is 394. The number of Topliss-reactive ketones (excluding diaryl/α,β-unsaturated/α-hetero) is 1. The van der Waals surface area contributed by atoms with Gasteiger partial charge in [-0.05, 0) is 39.3 Å². The summed E-state index contributed by atoms with van der Waals surface area (Å²) in [6, 6.07) is 6.93. The van der Waals surface area contributed by atoms with Crippen LogP contribution in [0.3, 0.4) is 0 Å². The average molecular weight is 236 g/mol. The Morgan fingerprint density at radius 1 is 1.47 bits per heavy atom. The van der Waals surface area contributed by atoms with E-state index < -0.39 is 5.60 Å². The molecule has 1 atom stereocenters. The van der Waals surface area contributed by atoms with Gasteiger partial charge in [-0.25, -0.2) is 0 Å². The Morgan fingerprint density at radius 2 is 2.12 bits per heavy atom. The van der Waals surface area contributed by atoms with Crippen molar-refractivity contribution in [2.75, 3.05) is 0 Å². The van der Waals surface area contributed by atoms with Gasteiger partial charge in [-0.3, -0.25) is 4.79 Å². The highest BCUT2D eigenvalue weighted by molar-refractivity contribution is 6.02. The average Bonchev–Trinajstić information content (AvgIpc) is 2.27. The molecule has 17 heavy (non-hydrogen) atoms. The Kier molecular flexibility index (Phi) is 4.29. The summed E-state index contributed by atoms with van der Waals surface area (Å²) in [6.45, 7) is 7.17. The second kappa shape index (κ2) is 5.32. The van der Waals surface area contributed by atoms with Crippen LogP contribution in [0, 0.1) is 0 Å². The number of ether oxygens (including phenoxy) is 1. The second-order valence-corrected chi connectivity index (χ2v) is 4.65. The molecular weight excluding hydrogens is 216 g/mol. The molecule has 0 saturated carbocycles. The molecule has 1 aromatic rings. The standard InChI is InChI=1S/C14H20O3/c1-5-14(4,16)13(15)11-7-6-8-12(9-11)17-10(2)3/h6-10,16H,5H2,1-4H3. The summed E-state index contributed by atoms with van der Waals surface area (Å²) >= 11 is 0. The molecule has 94 valence electrons. The minimum atomic E-state index is -1.31. The lowest BCUT2D eigenvalue weighted by Gasteiger charge is -2.20. The van der Waals surface area contributed by atoms with Crippen LogP contribution in [0.25, 0.3) is 0 Å². The van der Waals surface area contributed by atoms with Crippen LogP contribution >= 0.6 is 0 Å². The molecule has 0 aliphatic rings. The zero-order valence-corrected chi connectivity index (χ0v) is 10.9. The van der Waals surface area contributed by atoms with E-state index in [1.807, 2.05) is 13.8 Å². The van der Waals surface area contributed by atoms with Crippen molar-refractivity contribution in [3.8, 4) is 5.75 Å². The number of carbonyl (C=O) groups excluding carboxylic acids is 1. The van der Waals surface area contributed by atoms with Gasteiger partial charge in [0.2, 0.25) is 0 Å². The van der Waals surface area contributed by atoms with Crippen LogP contribution in [-0.4, -0.2) is 22.6 Å². The number of hydrogen-bond donors (Lipinski definition) is 1. The van der Waals surface area contributed by atoms with Crippen molar-refractivity contribution in [1.29, 1.82) is 0 Å². The molecule has 0 aliphatic heterocycles. The quantitative estimate of drug-likeness (QED) is 0.800. The van der Waals surface area contributed by atoms with Gasteiger partial charge in [0.15, 0.2) is 5.78 Å². The smallest absolute Gasteiger partial charge is 0.194 e. The van der Waals surface area contributed by atoms with Crippen molar-refractivity contribution in [2.24, 2.45) is 0 Å². The summed E-state index contributed by atoms with van der Waals surface area (Å²) < 4.78 is 5.52. The SMILES string of the molecule is CCC(C)(O)C(=O)c1cccc(OC(C)C)c1. The number of benzene rings is 1. The molecule has 1 unspecified atom stereocenters. The van der Waals surface area contributed by atoms with Crippen molar-refractivity contribution < 1.29 is 14.6 Å². The van der Waals surface area contributed by atoms with Crippen molar-refractivity contribution in [3.05, 3.63) is 29.8 Å². The molecule has 0 spiro atoms. The van der Waals surface area contributed by atoms with Gasteiger partial charge < -0.3 is 9.84 Å². The summed E-state index contributed by atoms with van der Waals surface area (Å²) in [5.41, 5.74) is -0.828. The fraction of sp³-hybridized carbons (Fsp3) is 0.500. The monoisotopic (exact) mass is 236 g/mol. The van der Waals surface area contributed by atoms with Gasteiger partial charge in [0.05, 0.1) is 6.10 Å². The molecule has 0 radical (unpaired) electrons. The maximum Gasteiger partial charge on any atom is 0.194 e. The summed E-state index contributed by atoms with van der Waals surface area (Å²) in [6.07, 6.45) is 0.452. The van der Waals surface area contributed by atoms with Crippen LogP contribution < -0.4 is 4.74 Å². The lowest BCUT2D eigenvalue weighted by Crippen LogP contribution is -2.34. The van der Waals surface area contributed by atoms with E-state index in [1.54, 1.807) is 31.2 Å². The molecule has 1 N–H and O–H groups in total. The first-order chi connectivity index (χ1) is 7.86. The molecule has 0 saturated heterocycles. The summed E-state index contributed by atoms with van der Waals surface area (Å²) in [5, 5.41) is 9.93. The molecule has 0 fully saturated rings. The van der Waals surface area contributed by atoms with E-state index >= 15 is 0 Å². The van der Waals surface area contributed by atoms with Gasteiger partial charge in [0, 0.05) is 5.56 Å². The number of hydrogen-bond acceptors (Lipinski definition) is 3. The Balaban J connectivity index is 2.96. The third-order valence-electron chi connectivity index (χ3n) is 2.65. The molecular formula is C14H20O3. The van der Waals surface area contributed by atoms with Crippen molar-refractivity contribution in [2.45, 2.75) is 45.8 Å². The molecule has 1 rings (SSSR count). The third-order valence-corrected chi connectivity index (χ3v) is 2.65. The highest BCUT2D eigenvalue weighted by Gasteiger charge is 2.29. The Labute approximate surface area is 102 Å². The van der Waals surface area contributed by atoms with Crippen LogP contribution in [0.4, 0.5) is 0 Å². The van der Waals surface area contributed by atoms with Crippen molar-refractivity contribution in [3.63, 3.8) is 0 Å². The van der Waals surface area contributed by atoms with Crippen LogP contribution in [-0.2, 0) is 0 Å². The van der Waals surface area contributed by atoms with Gasteiger partial charge in [-0.1, -0.05) is 19.1 Å². The fourth-order valence-corrected chi connectivity index (χ4v) is 1.45. The van der Waals surface area contributed by atoms with Crippen molar-refractivity contribution in [1.82, 2.24) is 0 Å². The molecule has 0 amide bonds. The zero-order chi connectivity index (χ0) is 13.1. The predicted molar refractivity (Wildman–Crippen MR) is 67.5 cm³/mol. The maximum atomic E-state index is 12.0. The molecule has 0 aliphatic carbocycles. The van der Waals surface area contributed by atoms with Crippen LogP contribution in [0.1, 0.15) is 44.5 Å². The topological polar surface area (TPSA) is 46.5 Å². The maximum absolute atomic E-state index is 12.0. The van der Waals surface area contributed by atoms with Crippen LogP contribution in [0.2, 0.25) is 0 Å². The summed E-state index contributed by atoms with van der Waals surface area (Å²) in [5.74, 6) is 0.381. The zero-order valence-electron chi connectivity index (χ0n) is 10.9. The van der Waals surface area contributed by atoms with E-state index in [9.17, 15) is 9.90 Å². The lowest BCUT2D eigenvalue weighted by atomic mass is 9.92. The van der Waals surface area contributed by atoms with E-state index in [0.717, 1.165) is 0 Å². The molecule has 3 heteroatoms. The number of rotatable bonds is 5. The highest BCUT2D eigenvalue weighted by Crippen LogP contribution is 2.21. The molecule has 0 bridgehead atoms. The van der Waals surface area contributed by atoms with Gasteiger partial charge in [-0.15, -0.1) is 0 Å². The van der Waals surface area contributed by atoms with Crippen LogP contribution in [0.5, 0.6) is 5.75 Å². The second-order valence-electron chi connectivity index (χ2n) is 4.65. The Morgan fingerprint density at radius 3 is 2.65 bits per heavy atom. The molecule has 1 aromatic carbocycles. The normalized spacial score (nSPS) is 14.5. The summed E-state index contributed by atoms with van der Waals surface area (Å²) in [7, 11) is 0. The Hall–Kier alpha value is -1.35. The molecule has 0 aromatic heterocycles. The third kappa shape index (κ3) is 3.56. The first-order valence-electron chi connectivity index (χ1n) is 5.90. The molecule has 0 heterocycles. The minimum Gasteiger partial charge on any atom is -0.491 e. The van der Waals surface area contributed by atoms with Crippen LogP contribution in [0.15, 0.2) is 24.3 Å². The number of aliphatic hydroxyl groups is 1. The van der Waals surface area contributed by atoms with Gasteiger partial charge >= 0.3 is 0 Å². The van der Waals surface area contributed by atoms with Gasteiger partial charge in [0.25, 0.3) is 0 Å². The first-order valence-corrected chi connectivity index (χ1v) is 5.90. The highest BCUT2D eigenvalue weighted by atomic mass is 16.5. The van der Waals surface area contributed by atoms with E-state index in [-0.39, 0.29) is 11.9 Å². The predicted octanol–water partition coefficient (Wildman–Crippen LogP) is 2.82. The number of carbonyl (C=O) groups is 1. The largest absolute Gasteiger partial charge is 0.491 e. The van der Waals surface area contributed by atoms with E-state index in [1.165, 1.54) is 6.92 Å². The minimum absolute atomic E-state index is 0.0621. The van der Waals surface area contributed by atoms with Gasteiger partial charge in [0.1, 0.15) is 11.4 Å². The number of ketones is 1. The van der Waals surface area contributed by atoms with E-state index in [4.69, 9.17) is 4.74 Å². The fourth-order valence-electron chi connectivity index (χ4n) is 1.45. The first kappa shape index (κ1) is 13.7. The molecule has 3 nitrogen and oxygen atoms in total. The van der Waals surface area contributed by atoms with E-state index in [0.29, 0.717) is 17.7 Å². The van der Waals surface area contributed by atoms with E-state index in [2.05, 4.69) is 0 Å².